The summed E-state index contributed by atoms with van der Waals surface area (Å²) < 4.78 is 5.58. The van der Waals surface area contributed by atoms with Crippen molar-refractivity contribution in [2.45, 2.75) is 32.7 Å². The van der Waals surface area contributed by atoms with E-state index in [1.807, 2.05) is 24.0 Å². The van der Waals surface area contributed by atoms with Crippen LogP contribution in [0.15, 0.2) is 18.5 Å². The number of nitrogens with two attached hydrogens (primary N) is 1. The van der Waals surface area contributed by atoms with Gasteiger partial charge < -0.3 is 4.74 Å². The van der Waals surface area contributed by atoms with Crippen molar-refractivity contribution < 1.29 is 4.74 Å². The van der Waals surface area contributed by atoms with Gasteiger partial charge in [0.1, 0.15) is 5.75 Å². The highest BCUT2D eigenvalue weighted by atomic mass is 32.2. The summed E-state index contributed by atoms with van der Waals surface area (Å²) in [5, 5.41) is 0. The van der Waals surface area contributed by atoms with E-state index in [0.29, 0.717) is 0 Å². The fourth-order valence-corrected chi connectivity index (χ4v) is 2.49. The van der Waals surface area contributed by atoms with Gasteiger partial charge in [-0.1, -0.05) is 13.8 Å². The van der Waals surface area contributed by atoms with E-state index in [0.717, 1.165) is 35.8 Å². The summed E-state index contributed by atoms with van der Waals surface area (Å²) in [4.78, 5) is 4.20. The van der Waals surface area contributed by atoms with Crippen LogP contribution in [0.3, 0.4) is 0 Å². The highest BCUT2D eigenvalue weighted by Gasteiger charge is 2.10. The Morgan fingerprint density at radius 2 is 2.22 bits per heavy atom. The summed E-state index contributed by atoms with van der Waals surface area (Å²) >= 11 is 1.89. The third-order valence-electron chi connectivity index (χ3n) is 2.44. The number of hydrogen-bond donors (Lipinski definition) is 2. The van der Waals surface area contributed by atoms with Crippen LogP contribution in [0, 0.1) is 0 Å². The van der Waals surface area contributed by atoms with Crippen molar-refractivity contribution >= 4 is 11.8 Å². The zero-order valence-electron chi connectivity index (χ0n) is 11.2. The normalized spacial score (nSPS) is 12.4. The molecule has 0 spiro atoms. The van der Waals surface area contributed by atoms with Gasteiger partial charge in [-0.2, -0.15) is 11.8 Å². The lowest BCUT2D eigenvalue weighted by molar-refractivity contribution is 0.315. The number of ether oxygens (including phenoxy) is 1. The second-order valence-corrected chi connectivity index (χ2v) is 5.25. The molecule has 0 aliphatic rings. The Morgan fingerprint density at radius 1 is 1.39 bits per heavy atom. The largest absolute Gasteiger partial charge is 0.492 e. The maximum atomic E-state index is 5.61. The van der Waals surface area contributed by atoms with Gasteiger partial charge in [0.2, 0.25) is 0 Å². The molecule has 5 heteroatoms. The van der Waals surface area contributed by atoms with Crippen molar-refractivity contribution in [3.05, 3.63) is 24.0 Å². The van der Waals surface area contributed by atoms with Crippen LogP contribution in [-0.2, 0) is 0 Å². The maximum Gasteiger partial charge on any atom is 0.137 e. The summed E-state index contributed by atoms with van der Waals surface area (Å²) in [5.74, 6) is 8.52. The monoisotopic (exact) mass is 269 g/mol. The van der Waals surface area contributed by atoms with Crippen molar-refractivity contribution in [2.24, 2.45) is 5.84 Å². The Kier molecular flexibility index (Phi) is 7.80. The highest BCUT2D eigenvalue weighted by molar-refractivity contribution is 7.99. The molecule has 0 saturated carbocycles. The molecule has 0 radical (unpaired) electrons. The Hall–Kier alpha value is -0.780. The lowest BCUT2D eigenvalue weighted by atomic mass is 10.1. The molecule has 0 fully saturated rings. The van der Waals surface area contributed by atoms with Crippen LogP contribution >= 0.6 is 11.8 Å². The molecule has 0 bridgehead atoms. The molecule has 0 amide bonds. The Bertz CT molecular complexity index is 336. The average Bonchev–Trinajstić information content (AvgIpc) is 2.42. The fourth-order valence-electron chi connectivity index (χ4n) is 1.51. The van der Waals surface area contributed by atoms with Crippen LogP contribution in [0.4, 0.5) is 0 Å². The average molecular weight is 269 g/mol. The van der Waals surface area contributed by atoms with Gasteiger partial charge in [0.05, 0.1) is 18.8 Å². The number of nitrogens with one attached hydrogen (secondary N) is 1. The highest BCUT2D eigenvalue weighted by Crippen LogP contribution is 2.21. The predicted octanol–water partition coefficient (Wildman–Crippen LogP) is 2.52. The van der Waals surface area contributed by atoms with Crippen molar-refractivity contribution in [1.29, 1.82) is 0 Å². The van der Waals surface area contributed by atoms with Gasteiger partial charge in [-0.05, 0) is 30.2 Å². The molecule has 1 rings (SSSR count). The number of hydrazine groups is 1. The standard InChI is InChI=1S/C13H23N3OS/c1-3-5-17-12-7-11(8-15-9-12)13(16-14)10-18-6-4-2/h7-9,13,16H,3-6,10,14H2,1-2H3. The number of nitrogens with zero attached hydrogens (tertiary/aromatic N) is 1. The fraction of sp³-hybridized carbons (Fsp3) is 0.615. The van der Waals surface area contributed by atoms with Crippen molar-refractivity contribution in [3.8, 4) is 5.75 Å². The van der Waals surface area contributed by atoms with E-state index < -0.39 is 0 Å². The number of pyridine rings is 1. The van der Waals surface area contributed by atoms with E-state index >= 15 is 0 Å². The summed E-state index contributed by atoms with van der Waals surface area (Å²) in [6.45, 7) is 4.98. The van der Waals surface area contributed by atoms with E-state index in [1.54, 1.807) is 6.20 Å². The molecule has 102 valence electrons. The first-order valence-corrected chi connectivity index (χ1v) is 7.58. The van der Waals surface area contributed by atoms with Crippen molar-refractivity contribution in [2.75, 3.05) is 18.1 Å². The molecule has 0 aromatic carbocycles. The van der Waals surface area contributed by atoms with Gasteiger partial charge in [-0.15, -0.1) is 0 Å². The Morgan fingerprint density at radius 3 is 2.89 bits per heavy atom. The SMILES string of the molecule is CCCOc1cncc(C(CSCCC)NN)c1. The van der Waals surface area contributed by atoms with E-state index in [2.05, 4.69) is 24.3 Å². The van der Waals surface area contributed by atoms with Gasteiger partial charge in [-0.3, -0.25) is 16.3 Å². The van der Waals surface area contributed by atoms with Crippen LogP contribution in [0.25, 0.3) is 0 Å². The van der Waals surface area contributed by atoms with Gasteiger partial charge >= 0.3 is 0 Å². The Labute approximate surface area is 114 Å². The van der Waals surface area contributed by atoms with Crippen LogP contribution in [0.2, 0.25) is 0 Å². The van der Waals surface area contributed by atoms with Crippen molar-refractivity contribution in [1.82, 2.24) is 10.4 Å². The molecule has 1 atom stereocenters. The first-order valence-electron chi connectivity index (χ1n) is 6.43. The van der Waals surface area contributed by atoms with E-state index in [-0.39, 0.29) is 6.04 Å². The molecule has 0 aliphatic carbocycles. The smallest absolute Gasteiger partial charge is 0.137 e. The molecule has 0 aliphatic heterocycles. The molecule has 18 heavy (non-hydrogen) atoms. The number of aromatic nitrogens is 1. The van der Waals surface area contributed by atoms with Crippen LogP contribution in [0.1, 0.15) is 38.3 Å². The van der Waals surface area contributed by atoms with Crippen LogP contribution in [-0.4, -0.2) is 23.1 Å². The molecule has 3 N–H and O–H groups in total. The molecule has 1 unspecified atom stereocenters. The molecular formula is C13H23N3OS. The zero-order chi connectivity index (χ0) is 13.2. The van der Waals surface area contributed by atoms with E-state index in [4.69, 9.17) is 10.6 Å². The third kappa shape index (κ3) is 5.25. The first kappa shape index (κ1) is 15.3. The van der Waals surface area contributed by atoms with Gasteiger partial charge in [0.15, 0.2) is 0 Å². The number of rotatable bonds is 9. The molecule has 4 nitrogen and oxygen atoms in total. The van der Waals surface area contributed by atoms with Crippen LogP contribution < -0.4 is 16.0 Å². The minimum atomic E-state index is 0.124. The predicted molar refractivity (Wildman–Crippen MR) is 77.7 cm³/mol. The molecule has 1 aromatic rings. The Balaban J connectivity index is 2.60. The zero-order valence-corrected chi connectivity index (χ0v) is 12.0. The third-order valence-corrected chi connectivity index (χ3v) is 3.71. The van der Waals surface area contributed by atoms with Crippen molar-refractivity contribution in [3.63, 3.8) is 0 Å². The minimum absolute atomic E-state index is 0.124. The second kappa shape index (κ2) is 9.19. The number of thioether (sulfide) groups is 1. The minimum Gasteiger partial charge on any atom is -0.492 e. The first-order chi connectivity index (χ1) is 8.81. The van der Waals surface area contributed by atoms with Gasteiger partial charge in [-0.25, -0.2) is 0 Å². The lowest BCUT2D eigenvalue weighted by Gasteiger charge is -2.16. The summed E-state index contributed by atoms with van der Waals surface area (Å²) in [5.41, 5.74) is 3.92. The van der Waals surface area contributed by atoms with Crippen LogP contribution in [0.5, 0.6) is 5.75 Å². The molecular weight excluding hydrogens is 246 g/mol. The van der Waals surface area contributed by atoms with E-state index in [1.165, 1.54) is 6.42 Å². The molecule has 1 heterocycles. The van der Waals surface area contributed by atoms with E-state index in [9.17, 15) is 0 Å². The van der Waals surface area contributed by atoms with Gasteiger partial charge in [0.25, 0.3) is 0 Å². The topological polar surface area (TPSA) is 60.2 Å². The van der Waals surface area contributed by atoms with Gasteiger partial charge in [0, 0.05) is 11.9 Å². The molecule has 1 aromatic heterocycles. The summed E-state index contributed by atoms with van der Waals surface area (Å²) in [6.07, 6.45) is 5.76. The second-order valence-electron chi connectivity index (χ2n) is 4.10. The summed E-state index contributed by atoms with van der Waals surface area (Å²) in [7, 11) is 0. The lowest BCUT2D eigenvalue weighted by Crippen LogP contribution is -2.29. The quantitative estimate of drug-likeness (QED) is 0.410. The molecule has 0 saturated heterocycles. The maximum absolute atomic E-state index is 5.61. The summed E-state index contributed by atoms with van der Waals surface area (Å²) in [6, 6.07) is 2.14. The number of hydrogen-bond acceptors (Lipinski definition) is 5.